The second-order valence-corrected chi connectivity index (χ2v) is 5.47. The molecule has 18 heavy (non-hydrogen) atoms. The number of anilines is 1. The molecule has 1 amide bonds. The standard InChI is InChI=1S/C14H20N2O2/c1-10-6-4-5-7-12(10)16-9-14(2,3)15-11(8-17)13(16)18/h4-7,11,15,17H,8-9H2,1-3H3. The third-order valence-electron chi connectivity index (χ3n) is 3.27. The van der Waals surface area contributed by atoms with Crippen molar-refractivity contribution in [3.63, 3.8) is 0 Å². The molecule has 0 spiro atoms. The van der Waals surface area contributed by atoms with Crippen LogP contribution in [0.2, 0.25) is 0 Å². The van der Waals surface area contributed by atoms with Gasteiger partial charge in [-0.1, -0.05) is 18.2 Å². The van der Waals surface area contributed by atoms with Gasteiger partial charge in [-0.3, -0.25) is 10.1 Å². The minimum Gasteiger partial charge on any atom is -0.394 e. The fraction of sp³-hybridized carbons (Fsp3) is 0.500. The Hall–Kier alpha value is -1.39. The molecule has 4 nitrogen and oxygen atoms in total. The molecule has 0 radical (unpaired) electrons. The van der Waals surface area contributed by atoms with Crippen molar-refractivity contribution in [3.05, 3.63) is 29.8 Å². The molecule has 1 aromatic carbocycles. The second-order valence-electron chi connectivity index (χ2n) is 5.47. The average molecular weight is 248 g/mol. The number of nitrogens with zero attached hydrogens (tertiary/aromatic N) is 1. The van der Waals surface area contributed by atoms with E-state index in [9.17, 15) is 9.90 Å². The highest BCUT2D eigenvalue weighted by Crippen LogP contribution is 2.25. The molecule has 1 saturated heterocycles. The van der Waals surface area contributed by atoms with Gasteiger partial charge >= 0.3 is 0 Å². The van der Waals surface area contributed by atoms with Crippen molar-refractivity contribution < 1.29 is 9.90 Å². The van der Waals surface area contributed by atoms with Crippen molar-refractivity contribution in [2.75, 3.05) is 18.1 Å². The largest absolute Gasteiger partial charge is 0.394 e. The van der Waals surface area contributed by atoms with Crippen LogP contribution in [0.15, 0.2) is 24.3 Å². The lowest BCUT2D eigenvalue weighted by atomic mass is 9.97. The molecule has 1 atom stereocenters. The summed E-state index contributed by atoms with van der Waals surface area (Å²) in [7, 11) is 0. The topological polar surface area (TPSA) is 52.6 Å². The van der Waals surface area contributed by atoms with Gasteiger partial charge in [0.15, 0.2) is 0 Å². The number of benzene rings is 1. The molecule has 1 unspecified atom stereocenters. The van der Waals surface area contributed by atoms with E-state index in [4.69, 9.17) is 0 Å². The predicted molar refractivity (Wildman–Crippen MR) is 71.6 cm³/mol. The van der Waals surface area contributed by atoms with Crippen molar-refractivity contribution in [2.24, 2.45) is 0 Å². The summed E-state index contributed by atoms with van der Waals surface area (Å²) in [6.07, 6.45) is 0. The molecule has 2 N–H and O–H groups in total. The molecule has 2 rings (SSSR count). The number of hydrogen-bond donors (Lipinski definition) is 2. The van der Waals surface area contributed by atoms with Crippen LogP contribution in [0, 0.1) is 6.92 Å². The van der Waals surface area contributed by atoms with Gasteiger partial charge < -0.3 is 10.0 Å². The smallest absolute Gasteiger partial charge is 0.246 e. The lowest BCUT2D eigenvalue weighted by Crippen LogP contribution is -2.66. The van der Waals surface area contributed by atoms with E-state index in [1.165, 1.54) is 0 Å². The highest BCUT2D eigenvalue weighted by molar-refractivity contribution is 5.99. The number of aryl methyl sites for hydroxylation is 1. The first-order valence-electron chi connectivity index (χ1n) is 6.20. The van der Waals surface area contributed by atoms with Crippen LogP contribution in [0.4, 0.5) is 5.69 Å². The second kappa shape index (κ2) is 4.71. The van der Waals surface area contributed by atoms with Gasteiger partial charge in [0.05, 0.1) is 6.61 Å². The number of rotatable bonds is 2. The number of hydrogen-bond acceptors (Lipinski definition) is 3. The van der Waals surface area contributed by atoms with E-state index in [-0.39, 0.29) is 18.1 Å². The molecule has 0 bridgehead atoms. The van der Waals surface area contributed by atoms with E-state index in [0.717, 1.165) is 11.3 Å². The summed E-state index contributed by atoms with van der Waals surface area (Å²) < 4.78 is 0. The Morgan fingerprint density at radius 2 is 2.11 bits per heavy atom. The highest BCUT2D eigenvalue weighted by Gasteiger charge is 2.38. The molecule has 0 aromatic heterocycles. The van der Waals surface area contributed by atoms with Gasteiger partial charge in [0.1, 0.15) is 6.04 Å². The van der Waals surface area contributed by atoms with Crippen LogP contribution < -0.4 is 10.2 Å². The number of aliphatic hydroxyl groups excluding tert-OH is 1. The van der Waals surface area contributed by atoms with Crippen molar-refractivity contribution in [2.45, 2.75) is 32.4 Å². The minimum absolute atomic E-state index is 0.0638. The summed E-state index contributed by atoms with van der Waals surface area (Å²) in [4.78, 5) is 14.1. The molecular weight excluding hydrogens is 228 g/mol. The van der Waals surface area contributed by atoms with E-state index in [0.29, 0.717) is 6.54 Å². The normalized spacial score (nSPS) is 23.2. The van der Waals surface area contributed by atoms with Crippen LogP contribution in [-0.4, -0.2) is 35.7 Å². The molecule has 98 valence electrons. The molecule has 1 fully saturated rings. The Labute approximate surface area is 108 Å². The van der Waals surface area contributed by atoms with Gasteiger partial charge in [0.25, 0.3) is 0 Å². The van der Waals surface area contributed by atoms with E-state index < -0.39 is 6.04 Å². The van der Waals surface area contributed by atoms with Crippen LogP contribution in [0.5, 0.6) is 0 Å². The first-order valence-corrected chi connectivity index (χ1v) is 6.20. The van der Waals surface area contributed by atoms with Crippen LogP contribution in [-0.2, 0) is 4.79 Å². The van der Waals surface area contributed by atoms with Crippen molar-refractivity contribution in [1.82, 2.24) is 5.32 Å². The summed E-state index contributed by atoms with van der Waals surface area (Å²) in [5, 5.41) is 12.5. The number of aliphatic hydroxyl groups is 1. The maximum absolute atomic E-state index is 12.3. The van der Waals surface area contributed by atoms with Gasteiger partial charge in [-0.15, -0.1) is 0 Å². The zero-order valence-electron chi connectivity index (χ0n) is 11.1. The quantitative estimate of drug-likeness (QED) is 0.823. The number of piperazine rings is 1. The monoisotopic (exact) mass is 248 g/mol. The van der Waals surface area contributed by atoms with Gasteiger partial charge in [-0.2, -0.15) is 0 Å². The third kappa shape index (κ3) is 2.40. The maximum Gasteiger partial charge on any atom is 0.246 e. The maximum atomic E-state index is 12.3. The molecule has 4 heteroatoms. The number of amides is 1. The average Bonchev–Trinajstić information content (AvgIpc) is 2.32. The number of para-hydroxylation sites is 1. The third-order valence-corrected chi connectivity index (χ3v) is 3.27. The van der Waals surface area contributed by atoms with E-state index >= 15 is 0 Å². The lowest BCUT2D eigenvalue weighted by Gasteiger charge is -2.43. The molecular formula is C14H20N2O2. The van der Waals surface area contributed by atoms with Crippen LogP contribution in [0.3, 0.4) is 0 Å². The zero-order chi connectivity index (χ0) is 13.3. The van der Waals surface area contributed by atoms with E-state index in [1.807, 2.05) is 45.0 Å². The van der Waals surface area contributed by atoms with Gasteiger partial charge in [0, 0.05) is 17.8 Å². The van der Waals surface area contributed by atoms with Crippen molar-refractivity contribution >= 4 is 11.6 Å². The van der Waals surface area contributed by atoms with Gasteiger partial charge in [0.2, 0.25) is 5.91 Å². The molecule has 1 heterocycles. The van der Waals surface area contributed by atoms with Gasteiger partial charge in [-0.25, -0.2) is 0 Å². The lowest BCUT2D eigenvalue weighted by molar-refractivity contribution is -0.124. The van der Waals surface area contributed by atoms with E-state index in [1.54, 1.807) is 4.90 Å². The first kappa shape index (κ1) is 13.1. The summed E-state index contributed by atoms with van der Waals surface area (Å²) in [6.45, 7) is 6.49. The molecule has 1 aliphatic rings. The Bertz CT molecular complexity index is 457. The number of carbonyl (C=O) groups excluding carboxylic acids is 1. The first-order chi connectivity index (χ1) is 8.44. The molecule has 0 saturated carbocycles. The van der Waals surface area contributed by atoms with Crippen LogP contribution >= 0.6 is 0 Å². The van der Waals surface area contributed by atoms with Crippen LogP contribution in [0.1, 0.15) is 19.4 Å². The summed E-state index contributed by atoms with van der Waals surface area (Å²) in [6, 6.07) is 7.31. The highest BCUT2D eigenvalue weighted by atomic mass is 16.3. The summed E-state index contributed by atoms with van der Waals surface area (Å²) in [5.41, 5.74) is 1.79. The number of nitrogens with one attached hydrogen (secondary N) is 1. The fourth-order valence-electron chi connectivity index (χ4n) is 2.43. The Morgan fingerprint density at radius 1 is 1.44 bits per heavy atom. The minimum atomic E-state index is -0.520. The Kier molecular flexibility index (Phi) is 3.41. The van der Waals surface area contributed by atoms with Crippen LogP contribution in [0.25, 0.3) is 0 Å². The molecule has 1 aliphatic heterocycles. The summed E-state index contributed by atoms with van der Waals surface area (Å²) >= 11 is 0. The Morgan fingerprint density at radius 3 is 2.72 bits per heavy atom. The van der Waals surface area contributed by atoms with Crippen molar-refractivity contribution in [3.8, 4) is 0 Å². The Balaban J connectivity index is 2.37. The number of carbonyl (C=O) groups is 1. The SMILES string of the molecule is Cc1ccccc1N1CC(C)(C)NC(CO)C1=O. The predicted octanol–water partition coefficient (Wildman–Crippen LogP) is 1.07. The van der Waals surface area contributed by atoms with Gasteiger partial charge in [-0.05, 0) is 32.4 Å². The van der Waals surface area contributed by atoms with E-state index in [2.05, 4.69) is 5.32 Å². The molecule has 0 aliphatic carbocycles. The summed E-state index contributed by atoms with van der Waals surface area (Å²) in [5.74, 6) is -0.0638. The fourth-order valence-corrected chi connectivity index (χ4v) is 2.43. The zero-order valence-corrected chi connectivity index (χ0v) is 11.1. The van der Waals surface area contributed by atoms with Crippen molar-refractivity contribution in [1.29, 1.82) is 0 Å². The molecule has 1 aromatic rings.